The number of aryl methyl sites for hydroxylation is 2. The zero-order chi connectivity index (χ0) is 20.3. The Balaban J connectivity index is 1.76. The molecule has 0 bridgehead atoms. The number of furan rings is 1. The number of ketones is 1. The van der Waals surface area contributed by atoms with Gasteiger partial charge in [-0.1, -0.05) is 43.7 Å². The number of rotatable bonds is 8. The van der Waals surface area contributed by atoms with Crippen LogP contribution in [0.25, 0.3) is 11.0 Å². The van der Waals surface area contributed by atoms with E-state index in [1.165, 1.54) is 0 Å². The Morgan fingerprint density at radius 3 is 2.54 bits per heavy atom. The molecule has 148 valence electrons. The Morgan fingerprint density at radius 2 is 1.86 bits per heavy atom. The van der Waals surface area contributed by atoms with Crippen LogP contribution in [-0.4, -0.2) is 36.2 Å². The van der Waals surface area contributed by atoms with Crippen LogP contribution < -0.4 is 10.1 Å². The minimum absolute atomic E-state index is 0.133. The lowest BCUT2D eigenvalue weighted by atomic mass is 10.0. The molecule has 0 saturated carbocycles. The van der Waals surface area contributed by atoms with Crippen LogP contribution in [0.4, 0.5) is 0 Å². The van der Waals surface area contributed by atoms with E-state index in [9.17, 15) is 9.90 Å². The van der Waals surface area contributed by atoms with Crippen LogP contribution in [0.2, 0.25) is 0 Å². The molecule has 3 rings (SSSR count). The summed E-state index contributed by atoms with van der Waals surface area (Å²) in [5.74, 6) is 0.808. The molecule has 0 saturated heterocycles. The summed E-state index contributed by atoms with van der Waals surface area (Å²) in [5.41, 5.74) is 3.11. The second-order valence-corrected chi connectivity index (χ2v) is 7.44. The predicted molar refractivity (Wildman–Crippen MR) is 110 cm³/mol. The fourth-order valence-corrected chi connectivity index (χ4v) is 2.97. The van der Waals surface area contributed by atoms with Crippen LogP contribution in [0.15, 0.2) is 46.9 Å². The molecular weight excluding hydrogens is 354 g/mol. The zero-order valence-electron chi connectivity index (χ0n) is 16.8. The van der Waals surface area contributed by atoms with E-state index in [0.717, 1.165) is 16.5 Å². The Morgan fingerprint density at radius 1 is 1.14 bits per heavy atom. The third-order valence-corrected chi connectivity index (χ3v) is 4.63. The van der Waals surface area contributed by atoms with Crippen molar-refractivity contribution in [2.24, 2.45) is 0 Å². The van der Waals surface area contributed by atoms with Gasteiger partial charge in [-0.2, -0.15) is 0 Å². The lowest BCUT2D eigenvalue weighted by Crippen LogP contribution is -2.35. The van der Waals surface area contributed by atoms with E-state index >= 15 is 0 Å². The summed E-state index contributed by atoms with van der Waals surface area (Å²) in [6.07, 6.45) is -0.602. The number of hydrogen-bond donors (Lipinski definition) is 2. The van der Waals surface area contributed by atoms with Gasteiger partial charge in [0.15, 0.2) is 5.76 Å². The largest absolute Gasteiger partial charge is 0.491 e. The van der Waals surface area contributed by atoms with E-state index < -0.39 is 6.10 Å². The molecule has 0 spiro atoms. The first-order valence-electron chi connectivity index (χ1n) is 9.54. The van der Waals surface area contributed by atoms with Gasteiger partial charge in [-0.3, -0.25) is 4.79 Å². The monoisotopic (exact) mass is 381 g/mol. The van der Waals surface area contributed by atoms with Gasteiger partial charge >= 0.3 is 0 Å². The molecule has 1 aromatic heterocycles. The summed E-state index contributed by atoms with van der Waals surface area (Å²) in [6.45, 7) is 8.56. The molecule has 0 aliphatic heterocycles. The van der Waals surface area contributed by atoms with Crippen LogP contribution in [0.3, 0.4) is 0 Å². The molecule has 1 atom stereocenters. The quantitative estimate of drug-likeness (QED) is 0.577. The van der Waals surface area contributed by atoms with Gasteiger partial charge in [0, 0.05) is 35.2 Å². The zero-order valence-corrected chi connectivity index (χ0v) is 16.8. The number of benzene rings is 2. The average molecular weight is 381 g/mol. The first-order chi connectivity index (χ1) is 13.3. The number of carbonyl (C=O) groups excluding carboxylic acids is 1. The summed E-state index contributed by atoms with van der Waals surface area (Å²) < 4.78 is 11.5. The van der Waals surface area contributed by atoms with Crippen molar-refractivity contribution in [1.29, 1.82) is 0 Å². The maximum absolute atomic E-state index is 12.8. The minimum Gasteiger partial charge on any atom is -0.491 e. The maximum Gasteiger partial charge on any atom is 0.228 e. The van der Waals surface area contributed by atoms with Crippen LogP contribution in [-0.2, 0) is 0 Å². The maximum atomic E-state index is 12.8. The number of nitrogens with one attached hydrogen (secondary N) is 1. The van der Waals surface area contributed by atoms with Gasteiger partial charge in [0.2, 0.25) is 5.78 Å². The molecule has 3 aromatic rings. The second kappa shape index (κ2) is 8.59. The van der Waals surface area contributed by atoms with E-state index in [-0.39, 0.29) is 12.4 Å². The number of fused-ring (bicyclic) bond motifs is 1. The van der Waals surface area contributed by atoms with Crippen LogP contribution in [0.1, 0.15) is 41.1 Å². The summed E-state index contributed by atoms with van der Waals surface area (Å²) in [6, 6.07) is 13.2. The third kappa shape index (κ3) is 4.61. The standard InChI is InChI=1S/C23H27NO4/c1-14(2)24-12-18(25)13-27-19-9-10-20-16(4)23(28-21(20)11-19)22(26)17-7-5-15(3)6-8-17/h5-11,14,18,24-25H,12-13H2,1-4H3. The van der Waals surface area contributed by atoms with E-state index in [0.29, 0.717) is 35.2 Å². The summed E-state index contributed by atoms with van der Waals surface area (Å²) >= 11 is 0. The van der Waals surface area contributed by atoms with Crippen molar-refractivity contribution in [2.45, 2.75) is 39.8 Å². The predicted octanol–water partition coefficient (Wildman–Crippen LogP) is 4.02. The first kappa shape index (κ1) is 20.1. The molecule has 0 radical (unpaired) electrons. The molecule has 1 unspecified atom stereocenters. The van der Waals surface area contributed by atoms with Crippen molar-refractivity contribution in [3.63, 3.8) is 0 Å². The van der Waals surface area contributed by atoms with Gasteiger partial charge in [0.25, 0.3) is 0 Å². The van der Waals surface area contributed by atoms with E-state index in [1.54, 1.807) is 6.07 Å². The highest BCUT2D eigenvalue weighted by atomic mass is 16.5. The van der Waals surface area contributed by atoms with Gasteiger partial charge < -0.3 is 19.6 Å². The molecule has 0 aliphatic carbocycles. The SMILES string of the molecule is Cc1ccc(C(=O)c2oc3cc(OCC(O)CNC(C)C)ccc3c2C)cc1. The van der Waals surface area contributed by atoms with Crippen molar-refractivity contribution in [3.8, 4) is 5.75 Å². The lowest BCUT2D eigenvalue weighted by molar-refractivity contribution is 0.101. The molecule has 1 heterocycles. The first-order valence-corrected chi connectivity index (χ1v) is 9.54. The Bertz CT molecular complexity index is 957. The van der Waals surface area contributed by atoms with E-state index in [1.807, 2.05) is 64.1 Å². The number of hydrogen-bond acceptors (Lipinski definition) is 5. The van der Waals surface area contributed by atoms with E-state index in [2.05, 4.69) is 5.32 Å². The molecule has 2 aromatic carbocycles. The third-order valence-electron chi connectivity index (χ3n) is 4.63. The number of aliphatic hydroxyl groups is 1. The smallest absolute Gasteiger partial charge is 0.228 e. The Hall–Kier alpha value is -2.63. The molecule has 2 N–H and O–H groups in total. The van der Waals surface area contributed by atoms with Crippen molar-refractivity contribution in [1.82, 2.24) is 5.32 Å². The molecular formula is C23H27NO4. The fourth-order valence-electron chi connectivity index (χ4n) is 2.97. The molecule has 5 heteroatoms. The highest BCUT2D eigenvalue weighted by molar-refractivity contribution is 6.10. The summed E-state index contributed by atoms with van der Waals surface area (Å²) in [4.78, 5) is 12.8. The van der Waals surface area contributed by atoms with Crippen molar-refractivity contribution in [3.05, 3.63) is 64.9 Å². The van der Waals surface area contributed by atoms with Crippen LogP contribution >= 0.6 is 0 Å². The van der Waals surface area contributed by atoms with Gasteiger partial charge in [-0.25, -0.2) is 0 Å². The number of aliphatic hydroxyl groups excluding tert-OH is 1. The second-order valence-electron chi connectivity index (χ2n) is 7.44. The highest BCUT2D eigenvalue weighted by Gasteiger charge is 2.19. The van der Waals surface area contributed by atoms with E-state index in [4.69, 9.17) is 9.15 Å². The Labute approximate surface area is 165 Å². The normalized spacial score (nSPS) is 12.5. The number of ether oxygens (including phenoxy) is 1. The summed E-state index contributed by atoms with van der Waals surface area (Å²) in [5, 5.41) is 14.0. The van der Waals surface area contributed by atoms with Crippen LogP contribution in [0.5, 0.6) is 5.75 Å². The highest BCUT2D eigenvalue weighted by Crippen LogP contribution is 2.30. The molecule has 0 fully saturated rings. The van der Waals surface area contributed by atoms with Crippen molar-refractivity contribution in [2.75, 3.05) is 13.2 Å². The molecule has 0 amide bonds. The van der Waals surface area contributed by atoms with Gasteiger partial charge in [0.05, 0.1) is 0 Å². The molecule has 0 aliphatic rings. The minimum atomic E-state index is -0.602. The lowest BCUT2D eigenvalue weighted by Gasteiger charge is -2.14. The fraction of sp³-hybridized carbons (Fsp3) is 0.348. The van der Waals surface area contributed by atoms with Gasteiger partial charge in [0.1, 0.15) is 24.0 Å². The number of carbonyl (C=O) groups is 1. The molecule has 5 nitrogen and oxygen atoms in total. The van der Waals surface area contributed by atoms with Crippen LogP contribution in [0, 0.1) is 13.8 Å². The van der Waals surface area contributed by atoms with Gasteiger partial charge in [-0.15, -0.1) is 0 Å². The average Bonchev–Trinajstić information content (AvgIpc) is 3.00. The van der Waals surface area contributed by atoms with Gasteiger partial charge in [-0.05, 0) is 26.0 Å². The van der Waals surface area contributed by atoms with Crippen molar-refractivity contribution >= 4 is 16.8 Å². The summed E-state index contributed by atoms with van der Waals surface area (Å²) in [7, 11) is 0. The topological polar surface area (TPSA) is 71.7 Å². The van der Waals surface area contributed by atoms with Crippen molar-refractivity contribution < 1.29 is 19.1 Å². The Kier molecular flexibility index (Phi) is 6.17. The molecule has 28 heavy (non-hydrogen) atoms.